The summed E-state index contributed by atoms with van der Waals surface area (Å²) in [5, 5.41) is 14.5. The van der Waals surface area contributed by atoms with Crippen LogP contribution in [-0.4, -0.2) is 14.9 Å². The second kappa shape index (κ2) is 5.06. The molecule has 2 aromatic heterocycles. The minimum atomic E-state index is -0.579. The van der Waals surface area contributed by atoms with E-state index in [2.05, 4.69) is 21.0 Å². The summed E-state index contributed by atoms with van der Waals surface area (Å²) >= 11 is 3.27. The normalized spacial score (nSPS) is 12.9. The van der Waals surface area contributed by atoms with Gasteiger partial charge in [-0.25, -0.2) is 0 Å². The number of aromatic nitrogens is 2. The van der Waals surface area contributed by atoms with Crippen molar-refractivity contribution in [3.63, 3.8) is 0 Å². The van der Waals surface area contributed by atoms with E-state index in [1.165, 1.54) is 0 Å². The fourth-order valence-electron chi connectivity index (χ4n) is 1.89. The molecule has 0 aromatic carbocycles. The van der Waals surface area contributed by atoms with Gasteiger partial charge in [-0.2, -0.15) is 5.10 Å². The van der Waals surface area contributed by atoms with Gasteiger partial charge in [0.2, 0.25) is 0 Å². The average molecular weight is 299 g/mol. The monoisotopic (exact) mass is 298 g/mol. The van der Waals surface area contributed by atoms with Crippen LogP contribution in [0.15, 0.2) is 27.5 Å². The molecule has 1 N–H and O–H groups in total. The third kappa shape index (κ3) is 2.61. The molecule has 2 rings (SSSR count). The van der Waals surface area contributed by atoms with Gasteiger partial charge in [-0.15, -0.1) is 0 Å². The molecule has 1 atom stereocenters. The summed E-state index contributed by atoms with van der Waals surface area (Å²) in [5.41, 5.74) is 2.78. The fourth-order valence-corrected chi connectivity index (χ4v) is 2.39. The van der Waals surface area contributed by atoms with Gasteiger partial charge < -0.3 is 9.52 Å². The molecule has 0 aliphatic heterocycles. The van der Waals surface area contributed by atoms with Crippen LogP contribution in [0.3, 0.4) is 0 Å². The quantitative estimate of drug-likeness (QED) is 0.944. The summed E-state index contributed by atoms with van der Waals surface area (Å²) in [7, 11) is 0. The second-order valence-corrected chi connectivity index (χ2v) is 4.68. The van der Waals surface area contributed by atoms with Gasteiger partial charge in [-0.1, -0.05) is 0 Å². The molecule has 0 aliphatic carbocycles. The Kier molecular flexibility index (Phi) is 3.69. The van der Waals surface area contributed by atoms with E-state index in [4.69, 9.17) is 4.42 Å². The largest absolute Gasteiger partial charge is 0.457 e. The number of hydrogen-bond donors (Lipinski definition) is 1. The minimum Gasteiger partial charge on any atom is -0.457 e. The van der Waals surface area contributed by atoms with Gasteiger partial charge in [0.05, 0.1) is 18.1 Å². The van der Waals surface area contributed by atoms with Gasteiger partial charge >= 0.3 is 0 Å². The van der Waals surface area contributed by atoms with Gasteiger partial charge in [0.15, 0.2) is 4.67 Å². The highest BCUT2D eigenvalue weighted by molar-refractivity contribution is 9.10. The second-order valence-electron chi connectivity index (χ2n) is 3.96. The topological polar surface area (TPSA) is 51.2 Å². The highest BCUT2D eigenvalue weighted by Gasteiger charge is 2.16. The van der Waals surface area contributed by atoms with Crippen molar-refractivity contribution in [3.05, 3.63) is 40.0 Å². The zero-order chi connectivity index (χ0) is 12.4. The van der Waals surface area contributed by atoms with E-state index in [0.717, 1.165) is 23.5 Å². The van der Waals surface area contributed by atoms with E-state index in [0.29, 0.717) is 11.1 Å². The van der Waals surface area contributed by atoms with Crippen LogP contribution in [0, 0.1) is 6.92 Å². The molecular weight excluding hydrogens is 284 g/mol. The van der Waals surface area contributed by atoms with Crippen molar-refractivity contribution in [2.45, 2.75) is 32.9 Å². The van der Waals surface area contributed by atoms with E-state index < -0.39 is 6.10 Å². The average Bonchev–Trinajstić information content (AvgIpc) is 2.84. The Morgan fingerprint density at radius 1 is 1.59 bits per heavy atom. The number of aliphatic hydroxyl groups is 1. The number of rotatable bonds is 4. The van der Waals surface area contributed by atoms with Gasteiger partial charge in [-0.05, 0) is 41.9 Å². The van der Waals surface area contributed by atoms with Crippen molar-refractivity contribution in [1.82, 2.24) is 9.78 Å². The standard InChI is InChI=1S/C12H15BrN2O2/c1-3-15-9(6-8(2)14-15)7-11(16)10-4-5-17-12(10)13/h4-6,11,16H,3,7H2,1-2H3. The van der Waals surface area contributed by atoms with Crippen LogP contribution in [0.4, 0.5) is 0 Å². The van der Waals surface area contributed by atoms with E-state index >= 15 is 0 Å². The first-order chi connectivity index (χ1) is 8.11. The van der Waals surface area contributed by atoms with E-state index in [1.807, 2.05) is 24.6 Å². The number of furan rings is 1. The molecule has 0 saturated heterocycles. The molecule has 0 saturated carbocycles. The van der Waals surface area contributed by atoms with Crippen LogP contribution in [0.2, 0.25) is 0 Å². The molecule has 0 spiro atoms. The zero-order valence-electron chi connectivity index (χ0n) is 9.85. The highest BCUT2D eigenvalue weighted by atomic mass is 79.9. The Morgan fingerprint density at radius 2 is 2.35 bits per heavy atom. The molecule has 0 bridgehead atoms. The molecule has 0 amide bonds. The van der Waals surface area contributed by atoms with Gasteiger partial charge in [0.25, 0.3) is 0 Å². The molecule has 17 heavy (non-hydrogen) atoms. The summed E-state index contributed by atoms with van der Waals surface area (Å²) in [6, 6.07) is 3.77. The maximum Gasteiger partial charge on any atom is 0.174 e. The fraction of sp³-hybridized carbons (Fsp3) is 0.417. The summed E-state index contributed by atoms with van der Waals surface area (Å²) in [5.74, 6) is 0. The molecule has 5 heteroatoms. The van der Waals surface area contributed by atoms with Crippen molar-refractivity contribution in [2.24, 2.45) is 0 Å². The van der Waals surface area contributed by atoms with E-state index in [-0.39, 0.29) is 0 Å². The zero-order valence-corrected chi connectivity index (χ0v) is 11.4. The number of aliphatic hydroxyl groups excluding tert-OH is 1. The van der Waals surface area contributed by atoms with Crippen molar-refractivity contribution >= 4 is 15.9 Å². The maximum absolute atomic E-state index is 10.1. The summed E-state index contributed by atoms with van der Waals surface area (Å²) < 4.78 is 7.62. The first kappa shape index (κ1) is 12.4. The Labute approximate surface area is 108 Å². The third-order valence-electron chi connectivity index (χ3n) is 2.69. The Bertz CT molecular complexity index is 504. The number of hydrogen-bond acceptors (Lipinski definition) is 3. The van der Waals surface area contributed by atoms with Gasteiger partial charge in [-0.3, -0.25) is 4.68 Å². The molecular formula is C12H15BrN2O2. The predicted octanol–water partition coefficient (Wildman–Crippen LogP) is 2.84. The number of nitrogens with zero attached hydrogens (tertiary/aromatic N) is 2. The summed E-state index contributed by atoms with van der Waals surface area (Å²) in [6.07, 6.45) is 1.52. The molecule has 1 unspecified atom stereocenters. The Balaban J connectivity index is 2.18. The highest BCUT2D eigenvalue weighted by Crippen LogP contribution is 2.27. The summed E-state index contributed by atoms with van der Waals surface area (Å²) in [6.45, 7) is 4.80. The lowest BCUT2D eigenvalue weighted by atomic mass is 10.1. The first-order valence-electron chi connectivity index (χ1n) is 5.56. The number of aryl methyl sites for hydroxylation is 2. The van der Waals surface area contributed by atoms with Crippen molar-refractivity contribution in [1.29, 1.82) is 0 Å². The SMILES string of the molecule is CCn1nc(C)cc1CC(O)c1ccoc1Br. The van der Waals surface area contributed by atoms with Crippen LogP contribution in [0.25, 0.3) is 0 Å². The van der Waals surface area contributed by atoms with Crippen LogP contribution in [0.5, 0.6) is 0 Å². The lowest BCUT2D eigenvalue weighted by Crippen LogP contribution is -2.08. The first-order valence-corrected chi connectivity index (χ1v) is 6.35. The summed E-state index contributed by atoms with van der Waals surface area (Å²) in [4.78, 5) is 0. The molecule has 0 aliphatic rings. The van der Waals surface area contributed by atoms with Crippen LogP contribution in [0.1, 0.15) is 30.0 Å². The van der Waals surface area contributed by atoms with Gasteiger partial charge in [0, 0.05) is 24.2 Å². The Morgan fingerprint density at radius 3 is 2.94 bits per heavy atom. The van der Waals surface area contributed by atoms with E-state index in [1.54, 1.807) is 12.3 Å². The molecule has 4 nitrogen and oxygen atoms in total. The molecule has 2 heterocycles. The lowest BCUT2D eigenvalue weighted by molar-refractivity contribution is 0.173. The van der Waals surface area contributed by atoms with Gasteiger partial charge in [0.1, 0.15) is 0 Å². The van der Waals surface area contributed by atoms with Crippen LogP contribution in [-0.2, 0) is 13.0 Å². The van der Waals surface area contributed by atoms with Crippen molar-refractivity contribution in [3.8, 4) is 0 Å². The molecule has 92 valence electrons. The smallest absolute Gasteiger partial charge is 0.174 e. The van der Waals surface area contributed by atoms with Crippen LogP contribution < -0.4 is 0 Å². The van der Waals surface area contributed by atoms with Crippen molar-refractivity contribution in [2.75, 3.05) is 0 Å². The van der Waals surface area contributed by atoms with Crippen molar-refractivity contribution < 1.29 is 9.52 Å². The minimum absolute atomic E-state index is 0.535. The predicted molar refractivity (Wildman–Crippen MR) is 67.7 cm³/mol. The molecule has 2 aromatic rings. The third-order valence-corrected chi connectivity index (χ3v) is 3.34. The molecule has 0 radical (unpaired) electrons. The number of halogens is 1. The Hall–Kier alpha value is -1.07. The lowest BCUT2D eigenvalue weighted by Gasteiger charge is -2.10. The maximum atomic E-state index is 10.1. The van der Waals surface area contributed by atoms with Crippen LogP contribution >= 0.6 is 15.9 Å². The molecule has 0 fully saturated rings. The van der Waals surface area contributed by atoms with E-state index in [9.17, 15) is 5.11 Å².